The lowest BCUT2D eigenvalue weighted by atomic mass is 9.79. The van der Waals surface area contributed by atoms with Gasteiger partial charge in [0.05, 0.1) is 55.4 Å². The van der Waals surface area contributed by atoms with Gasteiger partial charge < -0.3 is 14.8 Å². The van der Waals surface area contributed by atoms with E-state index in [2.05, 4.69) is 16.4 Å². The number of carbonyl (C=O) groups is 2. The van der Waals surface area contributed by atoms with Crippen molar-refractivity contribution in [2.45, 2.75) is 25.5 Å². The number of benzene rings is 2. The van der Waals surface area contributed by atoms with E-state index in [1.54, 1.807) is 36.5 Å². The van der Waals surface area contributed by atoms with Crippen LogP contribution in [0.2, 0.25) is 0 Å². The molecule has 0 saturated carbocycles. The van der Waals surface area contributed by atoms with Crippen LogP contribution in [0, 0.1) is 11.3 Å². The van der Waals surface area contributed by atoms with E-state index in [1.807, 2.05) is 37.3 Å². The normalized spacial score (nSPS) is 16.5. The van der Waals surface area contributed by atoms with Crippen molar-refractivity contribution in [2.24, 2.45) is 0 Å². The zero-order valence-electron chi connectivity index (χ0n) is 20.4. The van der Waals surface area contributed by atoms with Crippen molar-refractivity contribution in [3.8, 4) is 17.3 Å². The van der Waals surface area contributed by atoms with Crippen LogP contribution >= 0.6 is 0 Å². The Morgan fingerprint density at radius 1 is 1.14 bits per heavy atom. The third kappa shape index (κ3) is 4.77. The summed E-state index contributed by atoms with van der Waals surface area (Å²) in [5.41, 5.74) is 4.76. The topological polar surface area (TPSA) is 114 Å². The lowest BCUT2D eigenvalue weighted by molar-refractivity contribution is 0.0600. The van der Waals surface area contributed by atoms with Gasteiger partial charge in [-0.3, -0.25) is 9.78 Å². The van der Waals surface area contributed by atoms with E-state index in [1.165, 1.54) is 7.11 Å². The number of amides is 1. The minimum absolute atomic E-state index is 0.216. The van der Waals surface area contributed by atoms with Gasteiger partial charge in [-0.15, -0.1) is 0 Å². The van der Waals surface area contributed by atoms with Gasteiger partial charge in [-0.25, -0.2) is 9.78 Å². The van der Waals surface area contributed by atoms with Crippen molar-refractivity contribution < 1.29 is 19.1 Å². The fraction of sp³-hybridized carbons (Fsp3) is 0.207. The van der Waals surface area contributed by atoms with Crippen molar-refractivity contribution in [3.63, 3.8) is 0 Å². The van der Waals surface area contributed by atoms with Crippen LogP contribution < -0.4 is 5.32 Å². The average molecular weight is 493 g/mol. The number of hydrogen-bond donors (Lipinski definition) is 1. The maximum atomic E-state index is 12.9. The third-order valence-electron chi connectivity index (χ3n) is 6.50. The average Bonchev–Trinajstić information content (AvgIpc) is 2.95. The molecule has 0 aliphatic carbocycles. The molecule has 8 heteroatoms. The number of rotatable bonds is 5. The molecule has 1 aliphatic heterocycles. The van der Waals surface area contributed by atoms with Crippen molar-refractivity contribution in [1.29, 1.82) is 5.26 Å². The smallest absolute Gasteiger partial charge is 0.337 e. The largest absolute Gasteiger partial charge is 0.465 e. The predicted molar refractivity (Wildman–Crippen MR) is 137 cm³/mol. The van der Waals surface area contributed by atoms with Gasteiger partial charge in [0, 0.05) is 22.7 Å². The summed E-state index contributed by atoms with van der Waals surface area (Å²) in [6.07, 6.45) is 1.72. The first-order chi connectivity index (χ1) is 17.9. The van der Waals surface area contributed by atoms with Crippen LogP contribution in [-0.2, 0) is 28.0 Å². The van der Waals surface area contributed by atoms with Crippen LogP contribution in [0.4, 0.5) is 0 Å². The lowest BCUT2D eigenvalue weighted by Gasteiger charge is -2.30. The van der Waals surface area contributed by atoms with E-state index in [4.69, 9.17) is 14.5 Å². The molecule has 0 spiro atoms. The zero-order chi connectivity index (χ0) is 26.0. The number of esters is 1. The monoisotopic (exact) mass is 492 g/mol. The van der Waals surface area contributed by atoms with Gasteiger partial charge in [0.25, 0.3) is 5.91 Å². The maximum Gasteiger partial charge on any atom is 0.337 e. The summed E-state index contributed by atoms with van der Waals surface area (Å²) >= 11 is 0. The van der Waals surface area contributed by atoms with E-state index in [-0.39, 0.29) is 12.5 Å². The number of nitriles is 1. The molecule has 1 aliphatic rings. The highest BCUT2D eigenvalue weighted by molar-refractivity contribution is 5.94. The van der Waals surface area contributed by atoms with Gasteiger partial charge >= 0.3 is 5.97 Å². The Labute approximate surface area is 213 Å². The number of methoxy groups -OCH3 is 1. The quantitative estimate of drug-likeness (QED) is 0.413. The minimum Gasteiger partial charge on any atom is -0.465 e. The van der Waals surface area contributed by atoms with Gasteiger partial charge in [-0.05, 0) is 60.5 Å². The second-order valence-corrected chi connectivity index (χ2v) is 9.13. The molecule has 8 nitrogen and oxygen atoms in total. The van der Waals surface area contributed by atoms with E-state index in [9.17, 15) is 14.9 Å². The van der Waals surface area contributed by atoms with E-state index in [0.29, 0.717) is 35.7 Å². The third-order valence-corrected chi connectivity index (χ3v) is 6.50. The second kappa shape index (κ2) is 9.80. The molecule has 4 aromatic rings. The Balaban J connectivity index is 1.35. The number of pyridine rings is 2. The van der Waals surface area contributed by atoms with Crippen molar-refractivity contribution in [3.05, 3.63) is 94.8 Å². The Bertz CT molecular complexity index is 1580. The summed E-state index contributed by atoms with van der Waals surface area (Å²) in [5.74, 6) is -0.660. The Hall–Kier alpha value is -4.61. The number of aromatic nitrogens is 2. The molecule has 0 radical (unpaired) electrons. The first kappa shape index (κ1) is 24.1. The van der Waals surface area contributed by atoms with Crippen LogP contribution in [-0.4, -0.2) is 35.6 Å². The Morgan fingerprint density at radius 3 is 2.81 bits per heavy atom. The van der Waals surface area contributed by atoms with Crippen molar-refractivity contribution >= 4 is 22.8 Å². The highest BCUT2D eigenvalue weighted by Crippen LogP contribution is 2.32. The summed E-state index contributed by atoms with van der Waals surface area (Å²) in [4.78, 5) is 34.0. The first-order valence-electron chi connectivity index (χ1n) is 11.8. The summed E-state index contributed by atoms with van der Waals surface area (Å²) in [5, 5.41) is 13.4. The molecule has 2 aromatic carbocycles. The molecule has 1 amide bonds. The van der Waals surface area contributed by atoms with Gasteiger partial charge in [-0.1, -0.05) is 18.2 Å². The molecule has 3 heterocycles. The number of nitrogens with one attached hydrogen (secondary N) is 1. The number of nitrogens with zero attached hydrogens (tertiary/aromatic N) is 3. The summed E-state index contributed by atoms with van der Waals surface area (Å²) in [6.45, 7) is 2.76. The highest BCUT2D eigenvalue weighted by atomic mass is 16.5. The number of hydrogen-bond acceptors (Lipinski definition) is 7. The Morgan fingerprint density at radius 2 is 2.00 bits per heavy atom. The molecule has 5 rings (SSSR count). The molecule has 0 bridgehead atoms. The molecular formula is C29H24N4O4. The maximum absolute atomic E-state index is 12.9. The molecule has 0 unspecified atom stereocenters. The molecule has 1 N–H and O–H groups in total. The lowest BCUT2D eigenvalue weighted by Crippen LogP contribution is -2.33. The molecular weight excluding hydrogens is 468 g/mol. The van der Waals surface area contributed by atoms with Gasteiger partial charge in [-0.2, -0.15) is 5.26 Å². The van der Waals surface area contributed by atoms with Crippen LogP contribution in [0.15, 0.2) is 66.9 Å². The molecule has 0 fully saturated rings. The Kier molecular flexibility index (Phi) is 6.38. The SMILES string of the molecule is COC(=O)c1cccc(-c2ccc3cnc(CNC(=O)c4ccc5c(c4)[C@](C)(C#N)COC5)cc3n2)c1. The molecule has 2 aromatic heterocycles. The highest BCUT2D eigenvalue weighted by Gasteiger charge is 2.33. The van der Waals surface area contributed by atoms with Crippen molar-refractivity contribution in [2.75, 3.05) is 13.7 Å². The van der Waals surface area contributed by atoms with Gasteiger partial charge in [0.15, 0.2) is 0 Å². The molecule has 184 valence electrons. The standard InChI is InChI=1S/C29H24N4O4/c1-29(16-30)17-37-15-22-7-6-19(11-24(22)29)27(34)32-14-23-12-26-21(13-31-23)8-9-25(33-26)18-4-3-5-20(10-18)28(35)36-2/h3-13H,14-15,17H2,1-2H3,(H,32,34)/t29-/m1/s1. The molecule has 37 heavy (non-hydrogen) atoms. The van der Waals surface area contributed by atoms with E-state index < -0.39 is 11.4 Å². The van der Waals surface area contributed by atoms with E-state index in [0.717, 1.165) is 27.6 Å². The van der Waals surface area contributed by atoms with Crippen LogP contribution in [0.25, 0.3) is 22.2 Å². The summed E-state index contributed by atoms with van der Waals surface area (Å²) in [6, 6.07) is 20.4. The van der Waals surface area contributed by atoms with Gasteiger partial charge in [0.1, 0.15) is 5.41 Å². The fourth-order valence-corrected chi connectivity index (χ4v) is 4.40. The number of ether oxygens (including phenoxy) is 2. The van der Waals surface area contributed by atoms with Crippen LogP contribution in [0.5, 0.6) is 0 Å². The number of carbonyl (C=O) groups excluding carboxylic acids is 2. The second-order valence-electron chi connectivity index (χ2n) is 9.13. The molecule has 1 atom stereocenters. The fourth-order valence-electron chi connectivity index (χ4n) is 4.40. The van der Waals surface area contributed by atoms with E-state index >= 15 is 0 Å². The van der Waals surface area contributed by atoms with Crippen LogP contribution in [0.3, 0.4) is 0 Å². The number of fused-ring (bicyclic) bond motifs is 2. The minimum atomic E-state index is -0.788. The molecule has 0 saturated heterocycles. The van der Waals surface area contributed by atoms with Crippen LogP contribution in [0.1, 0.15) is 44.5 Å². The zero-order valence-corrected chi connectivity index (χ0v) is 20.4. The first-order valence-corrected chi connectivity index (χ1v) is 11.8. The predicted octanol–water partition coefficient (Wildman–Crippen LogP) is 4.32. The van der Waals surface area contributed by atoms with Gasteiger partial charge in [0.2, 0.25) is 0 Å². The summed E-state index contributed by atoms with van der Waals surface area (Å²) < 4.78 is 10.4. The summed E-state index contributed by atoms with van der Waals surface area (Å²) in [7, 11) is 1.35. The van der Waals surface area contributed by atoms with Crippen molar-refractivity contribution in [1.82, 2.24) is 15.3 Å².